The summed E-state index contributed by atoms with van der Waals surface area (Å²) in [7, 11) is 0. The molecule has 1 aliphatic rings. The minimum absolute atomic E-state index is 0.182. The molecule has 0 fully saturated rings. The van der Waals surface area contributed by atoms with Crippen molar-refractivity contribution in [1.29, 1.82) is 0 Å². The predicted molar refractivity (Wildman–Crippen MR) is 98.3 cm³/mol. The van der Waals surface area contributed by atoms with Gasteiger partial charge in [-0.2, -0.15) is 0 Å². The van der Waals surface area contributed by atoms with Gasteiger partial charge in [-0.05, 0) is 47.1 Å². The topological polar surface area (TPSA) is 26.3 Å². The van der Waals surface area contributed by atoms with E-state index in [0.717, 1.165) is 24.8 Å². The highest BCUT2D eigenvalue weighted by Crippen LogP contribution is 2.39. The van der Waals surface area contributed by atoms with Gasteiger partial charge >= 0.3 is 5.97 Å². The number of carbonyl (C=O) groups is 1. The standard InChI is InChI=1S/C22H26O2/c1-3-5-9-16(4-2)15-24-22(23)20-13-8-11-18-14-17-10-6-7-12-19(17)21(18)20/h6-8,10-13,16H,3-5,9,14-15H2,1-2H3. The largest absolute Gasteiger partial charge is 0.462 e. The van der Waals surface area contributed by atoms with Crippen molar-refractivity contribution in [2.45, 2.75) is 46.0 Å². The van der Waals surface area contributed by atoms with E-state index in [1.165, 1.54) is 29.5 Å². The van der Waals surface area contributed by atoms with Crippen LogP contribution in [0.1, 0.15) is 61.0 Å². The molecule has 0 saturated heterocycles. The molecule has 0 heterocycles. The molecule has 2 heteroatoms. The van der Waals surface area contributed by atoms with E-state index in [9.17, 15) is 4.79 Å². The lowest BCUT2D eigenvalue weighted by atomic mass is 9.99. The molecular weight excluding hydrogens is 296 g/mol. The molecule has 0 spiro atoms. The first kappa shape index (κ1) is 16.8. The summed E-state index contributed by atoms with van der Waals surface area (Å²) in [6.07, 6.45) is 5.48. The van der Waals surface area contributed by atoms with Gasteiger partial charge in [-0.3, -0.25) is 0 Å². The first-order valence-electron chi connectivity index (χ1n) is 9.11. The quantitative estimate of drug-likeness (QED) is 0.527. The van der Waals surface area contributed by atoms with Gasteiger partial charge in [0.1, 0.15) is 0 Å². The zero-order valence-electron chi connectivity index (χ0n) is 14.7. The molecule has 0 N–H and O–H groups in total. The number of unbranched alkanes of at least 4 members (excludes halogenated alkanes) is 1. The molecule has 2 aromatic rings. The van der Waals surface area contributed by atoms with Crippen molar-refractivity contribution < 1.29 is 9.53 Å². The molecule has 0 saturated carbocycles. The second-order valence-electron chi connectivity index (χ2n) is 6.69. The van der Waals surface area contributed by atoms with E-state index in [2.05, 4.69) is 38.1 Å². The maximum atomic E-state index is 12.7. The summed E-state index contributed by atoms with van der Waals surface area (Å²) >= 11 is 0. The molecule has 3 rings (SSSR count). The van der Waals surface area contributed by atoms with Crippen LogP contribution < -0.4 is 0 Å². The summed E-state index contributed by atoms with van der Waals surface area (Å²) < 4.78 is 5.68. The third-order valence-corrected chi connectivity index (χ3v) is 5.03. The minimum Gasteiger partial charge on any atom is -0.462 e. The van der Waals surface area contributed by atoms with Crippen LogP contribution in [0.2, 0.25) is 0 Å². The fourth-order valence-corrected chi connectivity index (χ4v) is 3.53. The Labute approximate surface area is 144 Å². The first-order valence-corrected chi connectivity index (χ1v) is 9.11. The second kappa shape index (κ2) is 7.65. The number of carbonyl (C=O) groups excluding carboxylic acids is 1. The lowest BCUT2D eigenvalue weighted by Gasteiger charge is -2.16. The number of hydrogen-bond donors (Lipinski definition) is 0. The Morgan fingerprint density at radius 1 is 1.08 bits per heavy atom. The summed E-state index contributed by atoms with van der Waals surface area (Å²) in [5, 5.41) is 0. The summed E-state index contributed by atoms with van der Waals surface area (Å²) in [6.45, 7) is 4.90. The summed E-state index contributed by atoms with van der Waals surface area (Å²) in [4.78, 5) is 12.7. The molecule has 1 atom stereocenters. The molecule has 0 aliphatic heterocycles. The maximum Gasteiger partial charge on any atom is 0.338 e. The average Bonchev–Trinajstić information content (AvgIpc) is 3.00. The Balaban J connectivity index is 1.77. The van der Waals surface area contributed by atoms with E-state index in [1.807, 2.05) is 18.2 Å². The molecule has 126 valence electrons. The minimum atomic E-state index is -0.182. The molecule has 1 aliphatic carbocycles. The summed E-state index contributed by atoms with van der Waals surface area (Å²) in [6, 6.07) is 14.3. The van der Waals surface area contributed by atoms with Crippen molar-refractivity contribution >= 4 is 5.97 Å². The Hall–Kier alpha value is -2.09. The average molecular weight is 322 g/mol. The summed E-state index contributed by atoms with van der Waals surface area (Å²) in [5.74, 6) is 0.288. The SMILES string of the molecule is CCCCC(CC)COC(=O)c1cccc2c1-c1ccccc1C2. The molecule has 2 nitrogen and oxygen atoms in total. The Bertz CT molecular complexity index is 718. The van der Waals surface area contributed by atoms with Crippen molar-refractivity contribution in [2.24, 2.45) is 5.92 Å². The van der Waals surface area contributed by atoms with Gasteiger partial charge in [0.15, 0.2) is 0 Å². The maximum absolute atomic E-state index is 12.7. The molecule has 0 aromatic heterocycles. The highest BCUT2D eigenvalue weighted by Gasteiger charge is 2.24. The van der Waals surface area contributed by atoms with Crippen molar-refractivity contribution in [3.05, 3.63) is 59.2 Å². The monoisotopic (exact) mass is 322 g/mol. The van der Waals surface area contributed by atoms with Crippen LogP contribution in [0.5, 0.6) is 0 Å². The fraction of sp³-hybridized carbons (Fsp3) is 0.409. The second-order valence-corrected chi connectivity index (χ2v) is 6.69. The molecule has 2 aromatic carbocycles. The van der Waals surface area contributed by atoms with Crippen LogP contribution in [-0.2, 0) is 11.2 Å². The molecule has 24 heavy (non-hydrogen) atoms. The van der Waals surface area contributed by atoms with Gasteiger partial charge in [0.05, 0.1) is 12.2 Å². The van der Waals surface area contributed by atoms with Crippen LogP contribution in [0.25, 0.3) is 11.1 Å². The molecule has 0 radical (unpaired) electrons. The molecular formula is C22H26O2. The van der Waals surface area contributed by atoms with Gasteiger partial charge in [0, 0.05) is 0 Å². The fourth-order valence-electron chi connectivity index (χ4n) is 3.53. The third-order valence-electron chi connectivity index (χ3n) is 5.03. The summed E-state index contributed by atoms with van der Waals surface area (Å²) in [5.41, 5.74) is 5.48. The number of fused-ring (bicyclic) bond motifs is 3. The van der Waals surface area contributed by atoms with Crippen LogP contribution in [0, 0.1) is 5.92 Å². The van der Waals surface area contributed by atoms with E-state index in [-0.39, 0.29) is 5.97 Å². The number of rotatable bonds is 7. The van der Waals surface area contributed by atoms with Crippen LogP contribution >= 0.6 is 0 Å². The smallest absolute Gasteiger partial charge is 0.338 e. The van der Waals surface area contributed by atoms with Gasteiger partial charge in [-0.1, -0.05) is 69.5 Å². The van der Waals surface area contributed by atoms with Crippen molar-refractivity contribution in [1.82, 2.24) is 0 Å². The lowest BCUT2D eigenvalue weighted by Crippen LogP contribution is -2.14. The van der Waals surface area contributed by atoms with Crippen molar-refractivity contribution in [3.8, 4) is 11.1 Å². The highest BCUT2D eigenvalue weighted by atomic mass is 16.5. The van der Waals surface area contributed by atoms with E-state index in [0.29, 0.717) is 18.1 Å². The van der Waals surface area contributed by atoms with Crippen LogP contribution in [0.4, 0.5) is 0 Å². The molecule has 0 bridgehead atoms. The van der Waals surface area contributed by atoms with Gasteiger partial charge in [0.25, 0.3) is 0 Å². The van der Waals surface area contributed by atoms with E-state index < -0.39 is 0 Å². The van der Waals surface area contributed by atoms with Crippen LogP contribution in [-0.4, -0.2) is 12.6 Å². The zero-order valence-corrected chi connectivity index (χ0v) is 14.7. The van der Waals surface area contributed by atoms with E-state index in [1.54, 1.807) is 0 Å². The van der Waals surface area contributed by atoms with E-state index in [4.69, 9.17) is 4.74 Å². The first-order chi connectivity index (χ1) is 11.7. The Morgan fingerprint density at radius 2 is 1.88 bits per heavy atom. The van der Waals surface area contributed by atoms with Gasteiger partial charge in [-0.15, -0.1) is 0 Å². The normalized spacial score (nSPS) is 13.2. The number of esters is 1. The number of hydrogen-bond acceptors (Lipinski definition) is 2. The van der Waals surface area contributed by atoms with Gasteiger partial charge in [-0.25, -0.2) is 4.79 Å². The van der Waals surface area contributed by atoms with Crippen molar-refractivity contribution in [3.63, 3.8) is 0 Å². The Morgan fingerprint density at radius 3 is 2.67 bits per heavy atom. The molecule has 0 amide bonds. The highest BCUT2D eigenvalue weighted by molar-refractivity contribution is 6.00. The van der Waals surface area contributed by atoms with E-state index >= 15 is 0 Å². The molecule has 1 unspecified atom stereocenters. The van der Waals surface area contributed by atoms with Crippen LogP contribution in [0.3, 0.4) is 0 Å². The lowest BCUT2D eigenvalue weighted by molar-refractivity contribution is 0.0429. The number of benzene rings is 2. The number of ether oxygens (including phenoxy) is 1. The van der Waals surface area contributed by atoms with Gasteiger partial charge < -0.3 is 4.74 Å². The predicted octanol–water partition coefficient (Wildman–Crippen LogP) is 5.63. The van der Waals surface area contributed by atoms with Crippen LogP contribution in [0.15, 0.2) is 42.5 Å². The van der Waals surface area contributed by atoms with Gasteiger partial charge in [0.2, 0.25) is 0 Å². The Kier molecular flexibility index (Phi) is 5.34. The van der Waals surface area contributed by atoms with Crippen molar-refractivity contribution in [2.75, 3.05) is 6.61 Å². The zero-order chi connectivity index (χ0) is 16.9. The third kappa shape index (κ3) is 3.38.